The molecular formula is C21H30ClN5O4S. The molecule has 2 saturated heterocycles. The Morgan fingerprint density at radius 1 is 1.19 bits per heavy atom. The summed E-state index contributed by atoms with van der Waals surface area (Å²) in [6, 6.07) is 3.59. The summed E-state index contributed by atoms with van der Waals surface area (Å²) in [6.45, 7) is 1.17. The lowest BCUT2D eigenvalue weighted by molar-refractivity contribution is -0.121. The van der Waals surface area contributed by atoms with E-state index in [2.05, 4.69) is 33.1 Å². The second-order valence-corrected chi connectivity index (χ2v) is 8.77. The zero-order valence-corrected chi connectivity index (χ0v) is 19.4. The van der Waals surface area contributed by atoms with E-state index < -0.39 is 0 Å². The summed E-state index contributed by atoms with van der Waals surface area (Å²) in [5.74, 6) is 6.65. The maximum absolute atomic E-state index is 12.0. The summed E-state index contributed by atoms with van der Waals surface area (Å²) in [4.78, 5) is 35.4. The first-order valence-corrected chi connectivity index (χ1v) is 11.6. The Bertz CT molecular complexity index is 853. The van der Waals surface area contributed by atoms with Gasteiger partial charge < -0.3 is 31.4 Å². The van der Waals surface area contributed by atoms with Crippen molar-refractivity contribution < 1.29 is 18.8 Å². The molecule has 3 rings (SSSR count). The van der Waals surface area contributed by atoms with E-state index in [9.17, 15) is 14.4 Å². The smallest absolute Gasteiger partial charge is 0.315 e. The van der Waals surface area contributed by atoms with Crippen molar-refractivity contribution in [2.24, 2.45) is 5.73 Å². The molecule has 0 aromatic carbocycles. The van der Waals surface area contributed by atoms with Gasteiger partial charge in [-0.2, -0.15) is 11.8 Å². The maximum atomic E-state index is 12.0. The Balaban J connectivity index is 0.00000363. The Labute approximate surface area is 198 Å². The average molecular weight is 484 g/mol. The lowest BCUT2D eigenvalue weighted by Crippen LogP contribution is -2.36. The van der Waals surface area contributed by atoms with Gasteiger partial charge in [0.1, 0.15) is 0 Å². The molecule has 6 N–H and O–H groups in total. The second kappa shape index (κ2) is 13.3. The first kappa shape index (κ1) is 25.9. The van der Waals surface area contributed by atoms with Gasteiger partial charge in [0, 0.05) is 30.5 Å². The van der Waals surface area contributed by atoms with E-state index in [0.717, 1.165) is 25.0 Å². The van der Waals surface area contributed by atoms with E-state index in [1.807, 2.05) is 11.8 Å². The Morgan fingerprint density at radius 2 is 2.00 bits per heavy atom. The minimum atomic E-state index is -0.312. The topological polar surface area (TPSA) is 138 Å². The van der Waals surface area contributed by atoms with Gasteiger partial charge in [-0.3, -0.25) is 9.59 Å². The van der Waals surface area contributed by atoms with Gasteiger partial charge in [-0.05, 0) is 37.3 Å². The van der Waals surface area contributed by atoms with Crippen molar-refractivity contribution >= 4 is 42.0 Å². The number of nitrogens with one attached hydrogen (secondary N) is 4. The summed E-state index contributed by atoms with van der Waals surface area (Å²) in [5.41, 5.74) is 5.30. The number of thioether (sulfide) groups is 1. The van der Waals surface area contributed by atoms with Gasteiger partial charge >= 0.3 is 6.03 Å². The van der Waals surface area contributed by atoms with Gasteiger partial charge in [0.05, 0.1) is 18.6 Å². The number of hydrogen-bond donors (Lipinski definition) is 5. The van der Waals surface area contributed by atoms with Crippen molar-refractivity contribution in [2.75, 3.05) is 25.4 Å². The van der Waals surface area contributed by atoms with Gasteiger partial charge in [0.2, 0.25) is 5.91 Å². The van der Waals surface area contributed by atoms with E-state index in [0.29, 0.717) is 36.9 Å². The zero-order valence-electron chi connectivity index (χ0n) is 17.8. The molecule has 0 unspecified atom stereocenters. The molecule has 4 amide bonds. The number of amides is 4. The number of carbonyl (C=O) groups excluding carboxylic acids is 3. The molecule has 9 nitrogen and oxygen atoms in total. The second-order valence-electron chi connectivity index (χ2n) is 7.50. The number of carbonyl (C=O) groups is 3. The van der Waals surface area contributed by atoms with Crippen LogP contribution in [0.25, 0.3) is 0 Å². The largest absolute Gasteiger partial charge is 0.443 e. The molecule has 0 bridgehead atoms. The molecule has 176 valence electrons. The van der Waals surface area contributed by atoms with E-state index in [1.165, 1.54) is 0 Å². The van der Waals surface area contributed by atoms with Crippen molar-refractivity contribution in [1.29, 1.82) is 0 Å². The molecule has 3 atom stereocenters. The quantitative estimate of drug-likeness (QED) is 0.191. The van der Waals surface area contributed by atoms with Crippen LogP contribution in [0.2, 0.25) is 0 Å². The maximum Gasteiger partial charge on any atom is 0.315 e. The summed E-state index contributed by atoms with van der Waals surface area (Å²) >= 11 is 1.89. The van der Waals surface area contributed by atoms with Crippen molar-refractivity contribution in [3.63, 3.8) is 0 Å². The molecule has 0 radical (unpaired) electrons. The predicted octanol–water partition coefficient (Wildman–Crippen LogP) is 0.973. The molecule has 11 heteroatoms. The molecule has 2 aliphatic rings. The Hall–Kier alpha value is -2.35. The Kier molecular flexibility index (Phi) is 10.7. The van der Waals surface area contributed by atoms with Crippen LogP contribution >= 0.6 is 24.2 Å². The van der Waals surface area contributed by atoms with Gasteiger partial charge in [-0.25, -0.2) is 4.79 Å². The number of fused-ring (bicyclic) bond motifs is 1. The highest BCUT2D eigenvalue weighted by Gasteiger charge is 2.42. The number of hydrogen-bond acceptors (Lipinski definition) is 6. The summed E-state index contributed by atoms with van der Waals surface area (Å²) in [6.07, 6.45) is 3.90. The molecule has 1 aromatic rings. The van der Waals surface area contributed by atoms with Crippen LogP contribution in [0.3, 0.4) is 0 Å². The highest BCUT2D eigenvalue weighted by molar-refractivity contribution is 8.00. The fraction of sp³-hybridized carbons (Fsp3) is 0.571. The van der Waals surface area contributed by atoms with Crippen LogP contribution < -0.4 is 27.0 Å². The molecular weight excluding hydrogens is 454 g/mol. The Morgan fingerprint density at radius 3 is 2.81 bits per heavy atom. The lowest BCUT2D eigenvalue weighted by Gasteiger charge is -2.16. The summed E-state index contributed by atoms with van der Waals surface area (Å²) < 4.78 is 5.33. The van der Waals surface area contributed by atoms with Crippen LogP contribution in [-0.4, -0.2) is 60.6 Å². The predicted molar refractivity (Wildman–Crippen MR) is 126 cm³/mol. The van der Waals surface area contributed by atoms with Crippen LogP contribution in [0, 0.1) is 11.8 Å². The number of urea groups is 1. The summed E-state index contributed by atoms with van der Waals surface area (Å²) in [7, 11) is 0. The van der Waals surface area contributed by atoms with E-state index in [1.54, 1.807) is 12.1 Å². The third kappa shape index (κ3) is 7.65. The van der Waals surface area contributed by atoms with Crippen LogP contribution in [0.4, 0.5) is 4.79 Å². The van der Waals surface area contributed by atoms with Crippen molar-refractivity contribution in [1.82, 2.24) is 21.3 Å². The van der Waals surface area contributed by atoms with E-state index in [4.69, 9.17) is 10.2 Å². The number of rotatable bonds is 10. The molecule has 2 fully saturated rings. The highest BCUT2D eigenvalue weighted by Crippen LogP contribution is 2.33. The first-order valence-electron chi connectivity index (χ1n) is 10.6. The SMILES string of the molecule is Cl.NCC#Cc1ccc(C(=O)NCCCNC(=O)CCCC[C@@H]2SC[C@@H]3NC(=O)N[C@@H]32)o1. The molecule has 2 aliphatic heterocycles. The molecule has 0 saturated carbocycles. The molecule has 32 heavy (non-hydrogen) atoms. The lowest BCUT2D eigenvalue weighted by atomic mass is 10.0. The monoisotopic (exact) mass is 483 g/mol. The van der Waals surface area contributed by atoms with Crippen LogP contribution in [0.5, 0.6) is 0 Å². The number of unbranched alkanes of at least 4 members (excludes halogenated alkanes) is 1. The van der Waals surface area contributed by atoms with E-state index in [-0.39, 0.29) is 54.6 Å². The molecule has 0 spiro atoms. The zero-order chi connectivity index (χ0) is 22.1. The van der Waals surface area contributed by atoms with Crippen LogP contribution in [0.1, 0.15) is 48.4 Å². The molecule has 3 heterocycles. The molecule has 0 aliphatic carbocycles. The van der Waals surface area contributed by atoms with Gasteiger partial charge in [0.25, 0.3) is 5.91 Å². The van der Waals surface area contributed by atoms with Crippen molar-refractivity contribution in [3.05, 3.63) is 23.7 Å². The summed E-state index contributed by atoms with van der Waals surface area (Å²) in [5, 5.41) is 12.0. The number of furan rings is 1. The number of halogens is 1. The van der Waals surface area contributed by atoms with Gasteiger partial charge in [0.15, 0.2) is 11.5 Å². The average Bonchev–Trinajstić information content (AvgIpc) is 3.46. The van der Waals surface area contributed by atoms with Crippen LogP contribution in [0.15, 0.2) is 16.5 Å². The van der Waals surface area contributed by atoms with Crippen LogP contribution in [-0.2, 0) is 4.79 Å². The van der Waals surface area contributed by atoms with Crippen molar-refractivity contribution in [3.8, 4) is 11.8 Å². The highest BCUT2D eigenvalue weighted by atomic mass is 35.5. The normalized spacial score (nSPS) is 20.8. The first-order chi connectivity index (χ1) is 15.1. The fourth-order valence-corrected chi connectivity index (χ4v) is 5.18. The fourth-order valence-electron chi connectivity index (χ4n) is 3.63. The van der Waals surface area contributed by atoms with Crippen molar-refractivity contribution in [2.45, 2.75) is 49.4 Å². The minimum absolute atomic E-state index is 0. The van der Waals surface area contributed by atoms with E-state index >= 15 is 0 Å². The van der Waals surface area contributed by atoms with Gasteiger partial charge in [-0.1, -0.05) is 12.3 Å². The molecule has 1 aromatic heterocycles. The van der Waals surface area contributed by atoms with Gasteiger partial charge in [-0.15, -0.1) is 12.4 Å². The minimum Gasteiger partial charge on any atom is -0.443 e. The third-order valence-corrected chi connectivity index (χ3v) is 6.69. The third-order valence-electron chi connectivity index (χ3n) is 5.19. The number of nitrogens with two attached hydrogens (primary N) is 1. The standard InChI is InChI=1S/C21H29N5O4S.ClH/c22-10-3-5-14-8-9-16(30-14)20(28)24-12-4-11-23-18(27)7-2-1-6-17-19-15(13-31-17)25-21(29)26-19;/h8-9,15,17,19H,1-2,4,6-7,10-13,22H2,(H,23,27)(H,24,28)(H2,25,26,29);1H/t15-,17-,19-;/m0./s1.